The van der Waals surface area contributed by atoms with Gasteiger partial charge < -0.3 is 16.6 Å². The number of hydrogen-bond donors (Lipinski definition) is 3. The van der Waals surface area contributed by atoms with Crippen molar-refractivity contribution in [2.24, 2.45) is 17.4 Å². The summed E-state index contributed by atoms with van der Waals surface area (Å²) in [4.78, 5) is 20.4. The van der Waals surface area contributed by atoms with Crippen LogP contribution in [0.2, 0.25) is 0 Å². The van der Waals surface area contributed by atoms with Gasteiger partial charge in [-0.25, -0.2) is 0 Å². The number of hydrogen-bond acceptors (Lipinski definition) is 3. The van der Waals surface area contributed by atoms with Gasteiger partial charge in [0.15, 0.2) is 0 Å². The highest BCUT2D eigenvalue weighted by Crippen LogP contribution is 1.98. The van der Waals surface area contributed by atoms with Crippen molar-refractivity contribution in [3.63, 3.8) is 0 Å². The van der Waals surface area contributed by atoms with Crippen molar-refractivity contribution in [2.75, 3.05) is 0 Å². The molecule has 5 N–H and O–H groups in total. The van der Waals surface area contributed by atoms with Gasteiger partial charge in [0.1, 0.15) is 6.04 Å². The molecule has 0 bridgehead atoms. The van der Waals surface area contributed by atoms with Crippen LogP contribution in [0.15, 0.2) is 0 Å². The van der Waals surface area contributed by atoms with E-state index in [1.165, 1.54) is 6.92 Å². The summed E-state index contributed by atoms with van der Waals surface area (Å²) in [5, 5.41) is 8.27. The lowest BCUT2D eigenvalue weighted by Gasteiger charge is -2.10. The molecule has 0 spiro atoms. The van der Waals surface area contributed by atoms with Crippen molar-refractivity contribution in [3.8, 4) is 0 Å². The van der Waals surface area contributed by atoms with Crippen molar-refractivity contribution in [2.45, 2.75) is 13.0 Å². The van der Waals surface area contributed by atoms with Gasteiger partial charge in [0.25, 0.3) is 0 Å². The second-order valence-electron chi connectivity index (χ2n) is 2.06. The predicted molar refractivity (Wildman–Crippen MR) is 34.0 cm³/mol. The molecule has 0 aromatic heterocycles. The molecule has 0 radical (unpaired) electrons. The van der Waals surface area contributed by atoms with Crippen LogP contribution in [0.1, 0.15) is 6.92 Å². The van der Waals surface area contributed by atoms with Crippen LogP contribution in [0.3, 0.4) is 0 Å². The van der Waals surface area contributed by atoms with Crippen LogP contribution in [-0.2, 0) is 9.59 Å². The number of carboxylic acid groups (broad SMARTS) is 1. The summed E-state index contributed by atoms with van der Waals surface area (Å²) >= 11 is 0. The largest absolute Gasteiger partial charge is 0.480 e. The molecule has 0 saturated carbocycles. The minimum atomic E-state index is -1.22. The lowest BCUT2D eigenvalue weighted by Crippen LogP contribution is -2.42. The highest BCUT2D eigenvalue weighted by atomic mass is 16.4. The monoisotopic (exact) mass is 146 g/mol. The van der Waals surface area contributed by atoms with Gasteiger partial charge >= 0.3 is 5.97 Å². The van der Waals surface area contributed by atoms with E-state index in [1.807, 2.05) is 0 Å². The summed E-state index contributed by atoms with van der Waals surface area (Å²) < 4.78 is 0. The topological polar surface area (TPSA) is 106 Å². The number of carbonyl (C=O) groups excluding carboxylic acids is 1. The first-order chi connectivity index (χ1) is 4.46. The molecule has 0 aliphatic rings. The number of carboxylic acids is 1. The number of aliphatic carboxylic acids is 1. The first-order valence-electron chi connectivity index (χ1n) is 2.74. The molecule has 5 heteroatoms. The standard InChI is InChI=1S/C5H10N2O3/c1-2(4(7)8)3(6)5(9)10/h2-3H,6H2,1H3,(H2,7,8)(H,9,10). The number of rotatable bonds is 3. The molecule has 0 heterocycles. The van der Waals surface area contributed by atoms with E-state index in [9.17, 15) is 9.59 Å². The predicted octanol–water partition coefficient (Wildman–Crippen LogP) is -1.48. The van der Waals surface area contributed by atoms with Gasteiger partial charge in [0.2, 0.25) is 5.91 Å². The van der Waals surface area contributed by atoms with Crippen LogP contribution >= 0.6 is 0 Å². The Morgan fingerprint density at radius 1 is 1.50 bits per heavy atom. The fourth-order valence-corrected chi connectivity index (χ4v) is 0.391. The van der Waals surface area contributed by atoms with E-state index in [2.05, 4.69) is 0 Å². The quantitative estimate of drug-likeness (QED) is 0.451. The molecule has 0 aromatic rings. The molecular weight excluding hydrogens is 136 g/mol. The van der Waals surface area contributed by atoms with Gasteiger partial charge in [-0.05, 0) is 0 Å². The van der Waals surface area contributed by atoms with Crippen molar-refractivity contribution in [3.05, 3.63) is 0 Å². The summed E-state index contributed by atoms with van der Waals surface area (Å²) in [6.07, 6.45) is 0. The number of carbonyl (C=O) groups is 2. The first kappa shape index (κ1) is 8.90. The maximum atomic E-state index is 10.3. The third kappa shape index (κ3) is 2.02. The Morgan fingerprint density at radius 2 is 1.90 bits per heavy atom. The van der Waals surface area contributed by atoms with Crippen LogP contribution in [0.25, 0.3) is 0 Å². The van der Waals surface area contributed by atoms with E-state index in [-0.39, 0.29) is 0 Å². The third-order valence-electron chi connectivity index (χ3n) is 1.27. The molecule has 0 aromatic carbocycles. The summed E-state index contributed by atoms with van der Waals surface area (Å²) in [5.41, 5.74) is 9.85. The Labute approximate surface area is 58.0 Å². The Bertz CT molecular complexity index is 139. The average molecular weight is 146 g/mol. The van der Waals surface area contributed by atoms with Gasteiger partial charge in [0.05, 0.1) is 5.92 Å². The zero-order valence-corrected chi connectivity index (χ0v) is 5.57. The molecule has 2 atom stereocenters. The molecule has 0 saturated heterocycles. The second kappa shape index (κ2) is 3.17. The van der Waals surface area contributed by atoms with Crippen molar-refractivity contribution in [1.29, 1.82) is 0 Å². The van der Waals surface area contributed by atoms with E-state index >= 15 is 0 Å². The van der Waals surface area contributed by atoms with Gasteiger partial charge in [-0.15, -0.1) is 0 Å². The van der Waals surface area contributed by atoms with Crippen molar-refractivity contribution >= 4 is 11.9 Å². The molecule has 0 aliphatic heterocycles. The van der Waals surface area contributed by atoms with E-state index in [0.717, 1.165) is 0 Å². The fourth-order valence-electron chi connectivity index (χ4n) is 0.391. The van der Waals surface area contributed by atoms with Crippen LogP contribution in [-0.4, -0.2) is 23.0 Å². The third-order valence-corrected chi connectivity index (χ3v) is 1.27. The van der Waals surface area contributed by atoms with Gasteiger partial charge in [-0.1, -0.05) is 6.92 Å². The van der Waals surface area contributed by atoms with Gasteiger partial charge in [-0.3, -0.25) is 9.59 Å². The van der Waals surface area contributed by atoms with Gasteiger partial charge in [0, 0.05) is 0 Å². The minimum Gasteiger partial charge on any atom is -0.480 e. The number of amides is 1. The van der Waals surface area contributed by atoms with Crippen LogP contribution in [0.5, 0.6) is 0 Å². The molecule has 1 amide bonds. The summed E-state index contributed by atoms with van der Waals surface area (Å²) in [6, 6.07) is -1.20. The minimum absolute atomic E-state index is 0.699. The average Bonchev–Trinajstić information content (AvgIpc) is 1.84. The van der Waals surface area contributed by atoms with Crippen LogP contribution in [0.4, 0.5) is 0 Å². The molecule has 0 rings (SSSR count). The molecule has 0 aliphatic carbocycles. The number of nitrogens with two attached hydrogens (primary N) is 2. The zero-order valence-electron chi connectivity index (χ0n) is 5.57. The Kier molecular flexibility index (Phi) is 2.82. The molecular formula is C5H10N2O3. The van der Waals surface area contributed by atoms with Crippen LogP contribution < -0.4 is 11.5 Å². The Hall–Kier alpha value is -1.10. The normalized spacial score (nSPS) is 15.8. The molecule has 5 nitrogen and oxygen atoms in total. The zero-order chi connectivity index (χ0) is 8.31. The van der Waals surface area contributed by atoms with Crippen molar-refractivity contribution < 1.29 is 14.7 Å². The highest BCUT2D eigenvalue weighted by Gasteiger charge is 2.23. The summed E-state index contributed by atoms with van der Waals surface area (Å²) in [7, 11) is 0. The highest BCUT2D eigenvalue weighted by molar-refractivity contribution is 5.85. The molecule has 0 fully saturated rings. The lowest BCUT2D eigenvalue weighted by atomic mass is 10.0. The van der Waals surface area contributed by atoms with E-state index < -0.39 is 23.8 Å². The number of primary amides is 1. The molecule has 58 valence electrons. The second-order valence-corrected chi connectivity index (χ2v) is 2.06. The SMILES string of the molecule is CC(C(N)=O)C(N)C(=O)O. The van der Waals surface area contributed by atoms with Crippen molar-refractivity contribution in [1.82, 2.24) is 0 Å². The maximum Gasteiger partial charge on any atom is 0.321 e. The van der Waals surface area contributed by atoms with E-state index in [4.69, 9.17) is 16.6 Å². The van der Waals surface area contributed by atoms with E-state index in [0.29, 0.717) is 0 Å². The van der Waals surface area contributed by atoms with Gasteiger partial charge in [-0.2, -0.15) is 0 Å². The smallest absolute Gasteiger partial charge is 0.321 e. The Balaban J connectivity index is 4.07. The summed E-state index contributed by atoms with van der Waals surface area (Å²) in [5.74, 6) is -2.74. The summed E-state index contributed by atoms with van der Waals surface area (Å²) in [6.45, 7) is 1.38. The lowest BCUT2D eigenvalue weighted by molar-refractivity contribution is -0.142. The van der Waals surface area contributed by atoms with Crippen LogP contribution in [0, 0.1) is 5.92 Å². The molecule has 10 heavy (non-hydrogen) atoms. The molecule has 2 unspecified atom stereocenters. The first-order valence-corrected chi connectivity index (χ1v) is 2.74. The fraction of sp³-hybridized carbons (Fsp3) is 0.600. The van der Waals surface area contributed by atoms with E-state index in [1.54, 1.807) is 0 Å². The Morgan fingerprint density at radius 3 is 2.00 bits per heavy atom. The maximum absolute atomic E-state index is 10.3.